The number of aromatic nitrogens is 1. The molecule has 2 N–H and O–H groups in total. The number of hydrogen-bond donors (Lipinski definition) is 2. The van der Waals surface area contributed by atoms with E-state index in [0.29, 0.717) is 19.0 Å². The van der Waals surface area contributed by atoms with Crippen LogP contribution in [0.5, 0.6) is 0 Å². The predicted molar refractivity (Wildman–Crippen MR) is 75.5 cm³/mol. The number of piperidine rings is 1. The second-order valence-corrected chi connectivity index (χ2v) is 5.50. The largest absolute Gasteiger partial charge is 0.465 e. The van der Waals surface area contributed by atoms with Crippen molar-refractivity contribution in [3.05, 3.63) is 30.1 Å². The third-order valence-electron chi connectivity index (χ3n) is 4.01. The number of carboxylic acid groups (broad SMARTS) is 1. The molecule has 1 fully saturated rings. The molecule has 1 aromatic heterocycles. The van der Waals surface area contributed by atoms with E-state index in [-0.39, 0.29) is 6.10 Å². The molecule has 0 bridgehead atoms. The average molecular weight is 278 g/mol. The summed E-state index contributed by atoms with van der Waals surface area (Å²) >= 11 is 0. The lowest BCUT2D eigenvalue weighted by molar-refractivity contribution is 0.0944. The zero-order valence-corrected chi connectivity index (χ0v) is 11.6. The van der Waals surface area contributed by atoms with E-state index in [1.807, 2.05) is 12.1 Å². The molecule has 5 heteroatoms. The maximum Gasteiger partial charge on any atom is 0.407 e. The van der Waals surface area contributed by atoms with Crippen molar-refractivity contribution in [2.75, 3.05) is 13.1 Å². The highest BCUT2D eigenvalue weighted by molar-refractivity contribution is 5.64. The summed E-state index contributed by atoms with van der Waals surface area (Å²) in [6.07, 6.45) is 6.51. The molecule has 2 rings (SSSR count). The highest BCUT2D eigenvalue weighted by Gasteiger charge is 2.23. The van der Waals surface area contributed by atoms with Gasteiger partial charge in [0, 0.05) is 25.5 Å². The van der Waals surface area contributed by atoms with Crippen LogP contribution in [0.1, 0.15) is 31.2 Å². The van der Waals surface area contributed by atoms with Crippen LogP contribution in [-0.2, 0) is 6.42 Å². The number of hydrogen-bond acceptors (Lipinski definition) is 3. The molecule has 1 amide bonds. The molecule has 1 aliphatic rings. The zero-order valence-electron chi connectivity index (χ0n) is 11.6. The molecule has 1 aliphatic heterocycles. The zero-order chi connectivity index (χ0) is 14.4. The Balaban J connectivity index is 1.68. The number of aryl methyl sites for hydroxylation is 1. The lowest BCUT2D eigenvalue weighted by atomic mass is 9.89. The van der Waals surface area contributed by atoms with E-state index in [4.69, 9.17) is 5.11 Å². The minimum atomic E-state index is -0.832. The third-order valence-corrected chi connectivity index (χ3v) is 4.01. The van der Waals surface area contributed by atoms with Crippen LogP contribution in [0, 0.1) is 5.92 Å². The van der Waals surface area contributed by atoms with Gasteiger partial charge < -0.3 is 15.1 Å². The van der Waals surface area contributed by atoms with Crippen LogP contribution in [-0.4, -0.2) is 45.4 Å². The minimum Gasteiger partial charge on any atom is -0.465 e. The van der Waals surface area contributed by atoms with E-state index < -0.39 is 6.09 Å². The summed E-state index contributed by atoms with van der Waals surface area (Å²) in [7, 11) is 0. The molecule has 5 nitrogen and oxygen atoms in total. The topological polar surface area (TPSA) is 73.7 Å². The number of pyridine rings is 1. The van der Waals surface area contributed by atoms with Crippen molar-refractivity contribution in [1.82, 2.24) is 9.88 Å². The Morgan fingerprint density at radius 2 is 2.00 bits per heavy atom. The highest BCUT2D eigenvalue weighted by Crippen LogP contribution is 2.23. The van der Waals surface area contributed by atoms with Crippen molar-refractivity contribution in [1.29, 1.82) is 0 Å². The van der Waals surface area contributed by atoms with Crippen LogP contribution in [0.2, 0.25) is 0 Å². The number of rotatable bonds is 5. The van der Waals surface area contributed by atoms with Gasteiger partial charge in [-0.1, -0.05) is 0 Å². The molecule has 2 heterocycles. The van der Waals surface area contributed by atoms with Crippen LogP contribution >= 0.6 is 0 Å². The Kier molecular flexibility index (Phi) is 5.35. The maximum atomic E-state index is 10.8. The van der Waals surface area contributed by atoms with Crippen molar-refractivity contribution in [2.24, 2.45) is 5.92 Å². The fraction of sp³-hybridized carbons (Fsp3) is 0.600. The Labute approximate surface area is 119 Å². The van der Waals surface area contributed by atoms with Crippen LogP contribution in [0.25, 0.3) is 0 Å². The lowest BCUT2D eigenvalue weighted by Gasteiger charge is -2.31. The van der Waals surface area contributed by atoms with Crippen molar-refractivity contribution < 1.29 is 15.0 Å². The molecule has 0 spiro atoms. The molecule has 0 aliphatic carbocycles. The summed E-state index contributed by atoms with van der Waals surface area (Å²) in [6.45, 7) is 1.19. The fourth-order valence-corrected chi connectivity index (χ4v) is 2.75. The minimum absolute atomic E-state index is 0.301. The average Bonchev–Trinajstić information content (AvgIpc) is 2.47. The first-order valence-corrected chi connectivity index (χ1v) is 7.20. The highest BCUT2D eigenvalue weighted by atomic mass is 16.4. The number of aliphatic hydroxyl groups is 1. The van der Waals surface area contributed by atoms with Gasteiger partial charge in [0.25, 0.3) is 0 Å². The number of likely N-dealkylation sites (tertiary alicyclic amines) is 1. The molecule has 0 saturated carbocycles. The van der Waals surface area contributed by atoms with E-state index in [1.54, 1.807) is 12.4 Å². The van der Waals surface area contributed by atoms with Gasteiger partial charge in [-0.15, -0.1) is 0 Å². The van der Waals surface area contributed by atoms with E-state index in [9.17, 15) is 9.90 Å². The molecular weight excluding hydrogens is 256 g/mol. The van der Waals surface area contributed by atoms with Crippen LogP contribution < -0.4 is 0 Å². The van der Waals surface area contributed by atoms with E-state index in [1.165, 1.54) is 10.5 Å². The van der Waals surface area contributed by atoms with Crippen LogP contribution in [0.15, 0.2) is 24.5 Å². The summed E-state index contributed by atoms with van der Waals surface area (Å²) in [5.74, 6) is 0.443. The molecule has 1 atom stereocenters. The van der Waals surface area contributed by atoms with Crippen molar-refractivity contribution in [3.63, 3.8) is 0 Å². The van der Waals surface area contributed by atoms with Gasteiger partial charge >= 0.3 is 6.09 Å². The van der Waals surface area contributed by atoms with Gasteiger partial charge in [-0.25, -0.2) is 4.79 Å². The summed E-state index contributed by atoms with van der Waals surface area (Å²) in [5, 5.41) is 19.0. The molecule has 1 aromatic rings. The van der Waals surface area contributed by atoms with Crippen molar-refractivity contribution in [2.45, 2.75) is 38.2 Å². The van der Waals surface area contributed by atoms with E-state index >= 15 is 0 Å². The summed E-state index contributed by atoms with van der Waals surface area (Å²) in [6, 6.07) is 3.94. The Hall–Kier alpha value is -1.62. The van der Waals surface area contributed by atoms with E-state index in [0.717, 1.165) is 32.1 Å². The molecule has 110 valence electrons. The number of carbonyl (C=O) groups is 1. The summed E-state index contributed by atoms with van der Waals surface area (Å²) < 4.78 is 0. The SMILES string of the molecule is O=C(O)N1CCC(CC(O)CCc2ccncc2)CC1. The van der Waals surface area contributed by atoms with Gasteiger partial charge in [-0.3, -0.25) is 4.98 Å². The number of nitrogens with zero attached hydrogens (tertiary/aromatic N) is 2. The predicted octanol–water partition coefficient (Wildman–Crippen LogP) is 2.16. The number of amides is 1. The molecule has 20 heavy (non-hydrogen) atoms. The lowest BCUT2D eigenvalue weighted by Crippen LogP contribution is -2.38. The first kappa shape index (κ1) is 14.8. The molecule has 1 saturated heterocycles. The standard InChI is InChI=1S/C15H22N2O3/c18-14(2-1-12-3-7-16-8-4-12)11-13-5-9-17(10-6-13)15(19)20/h3-4,7-8,13-14,18H,1-2,5-6,9-11H2,(H,19,20). The quantitative estimate of drug-likeness (QED) is 0.865. The fourth-order valence-electron chi connectivity index (χ4n) is 2.75. The molecule has 0 radical (unpaired) electrons. The van der Waals surface area contributed by atoms with E-state index in [2.05, 4.69) is 4.98 Å². The normalized spacial score (nSPS) is 17.9. The van der Waals surface area contributed by atoms with Gasteiger partial charge in [-0.05, 0) is 55.7 Å². The first-order chi connectivity index (χ1) is 9.65. The summed E-state index contributed by atoms with van der Waals surface area (Å²) in [5.41, 5.74) is 1.19. The van der Waals surface area contributed by atoms with Crippen LogP contribution in [0.4, 0.5) is 4.79 Å². The monoisotopic (exact) mass is 278 g/mol. The third kappa shape index (κ3) is 4.49. The Morgan fingerprint density at radius 3 is 2.60 bits per heavy atom. The van der Waals surface area contributed by atoms with Gasteiger partial charge in [-0.2, -0.15) is 0 Å². The summed E-state index contributed by atoms with van der Waals surface area (Å²) in [4.78, 5) is 16.2. The van der Waals surface area contributed by atoms with Gasteiger partial charge in [0.15, 0.2) is 0 Å². The molecule has 1 unspecified atom stereocenters. The second kappa shape index (κ2) is 7.24. The van der Waals surface area contributed by atoms with Crippen molar-refractivity contribution >= 4 is 6.09 Å². The van der Waals surface area contributed by atoms with Gasteiger partial charge in [0.05, 0.1) is 6.10 Å². The number of aliphatic hydroxyl groups excluding tert-OH is 1. The van der Waals surface area contributed by atoms with Crippen molar-refractivity contribution in [3.8, 4) is 0 Å². The van der Waals surface area contributed by atoms with Gasteiger partial charge in [0.1, 0.15) is 0 Å². The first-order valence-electron chi connectivity index (χ1n) is 7.20. The maximum absolute atomic E-state index is 10.8. The molecule has 0 aromatic carbocycles. The van der Waals surface area contributed by atoms with Crippen LogP contribution in [0.3, 0.4) is 0 Å². The second-order valence-electron chi connectivity index (χ2n) is 5.50. The Bertz CT molecular complexity index is 416. The Morgan fingerprint density at radius 1 is 1.35 bits per heavy atom. The smallest absolute Gasteiger partial charge is 0.407 e. The van der Waals surface area contributed by atoms with Gasteiger partial charge in [0.2, 0.25) is 0 Å². The molecular formula is C15H22N2O3.